The molecule has 0 aromatic heterocycles. The molecule has 0 saturated carbocycles. The van der Waals surface area contributed by atoms with Gasteiger partial charge in [0.25, 0.3) is 5.91 Å². The van der Waals surface area contributed by atoms with Crippen molar-refractivity contribution in [3.8, 4) is 5.75 Å². The predicted octanol–water partition coefficient (Wildman–Crippen LogP) is 2.13. The summed E-state index contributed by atoms with van der Waals surface area (Å²) in [7, 11) is 2.06. The van der Waals surface area contributed by atoms with E-state index in [1.807, 2.05) is 6.92 Å². The first-order valence-electron chi connectivity index (χ1n) is 7.49. The van der Waals surface area contributed by atoms with Crippen LogP contribution in [0.25, 0.3) is 0 Å². The molecule has 0 aliphatic heterocycles. The van der Waals surface area contributed by atoms with Crippen LogP contribution in [0.2, 0.25) is 0 Å². The molecule has 0 saturated heterocycles. The van der Waals surface area contributed by atoms with Gasteiger partial charge in [0.05, 0.1) is 6.61 Å². The second-order valence-electron chi connectivity index (χ2n) is 5.22. The van der Waals surface area contributed by atoms with Crippen LogP contribution in [0.3, 0.4) is 0 Å². The van der Waals surface area contributed by atoms with Crippen LogP contribution >= 0.6 is 0 Å². The Morgan fingerprint density at radius 1 is 1.38 bits per heavy atom. The highest BCUT2D eigenvalue weighted by atomic mass is 16.5. The lowest BCUT2D eigenvalue weighted by Crippen LogP contribution is -2.37. The molecule has 21 heavy (non-hydrogen) atoms. The average molecular weight is 293 g/mol. The fourth-order valence-corrected chi connectivity index (χ4v) is 1.98. The molecule has 1 atom stereocenters. The highest BCUT2D eigenvalue weighted by molar-refractivity contribution is 5.95. The smallest absolute Gasteiger partial charge is 0.251 e. The van der Waals surface area contributed by atoms with Crippen LogP contribution in [0.15, 0.2) is 18.2 Å². The summed E-state index contributed by atoms with van der Waals surface area (Å²) in [4.78, 5) is 14.4. The molecule has 0 aliphatic carbocycles. The normalized spacial score (nSPS) is 12.2. The van der Waals surface area contributed by atoms with E-state index in [0.29, 0.717) is 36.2 Å². The number of nitrogen functional groups attached to an aromatic ring is 1. The summed E-state index contributed by atoms with van der Waals surface area (Å²) < 4.78 is 5.40. The summed E-state index contributed by atoms with van der Waals surface area (Å²) in [6.07, 6.45) is 1.09. The van der Waals surface area contributed by atoms with E-state index in [1.54, 1.807) is 18.2 Å². The molecule has 118 valence electrons. The van der Waals surface area contributed by atoms with Crippen LogP contribution in [0.4, 0.5) is 5.69 Å². The molecule has 1 unspecified atom stereocenters. The van der Waals surface area contributed by atoms with E-state index >= 15 is 0 Å². The Morgan fingerprint density at radius 3 is 2.71 bits per heavy atom. The zero-order chi connectivity index (χ0) is 15.8. The SMILES string of the molecule is CCOc1cc(N)cc(C(=O)NCCN(C)C(C)CC)c1. The number of nitrogens with two attached hydrogens (primary N) is 1. The van der Waals surface area contributed by atoms with Gasteiger partial charge in [-0.15, -0.1) is 0 Å². The van der Waals surface area contributed by atoms with E-state index in [1.165, 1.54) is 0 Å². The number of amides is 1. The minimum Gasteiger partial charge on any atom is -0.494 e. The lowest BCUT2D eigenvalue weighted by atomic mass is 10.1. The maximum absolute atomic E-state index is 12.1. The molecule has 0 heterocycles. The maximum Gasteiger partial charge on any atom is 0.251 e. The van der Waals surface area contributed by atoms with Crippen molar-refractivity contribution in [2.45, 2.75) is 33.2 Å². The molecule has 0 fully saturated rings. The van der Waals surface area contributed by atoms with Crippen LogP contribution in [0.1, 0.15) is 37.6 Å². The van der Waals surface area contributed by atoms with Gasteiger partial charge >= 0.3 is 0 Å². The molecule has 1 aromatic rings. The number of nitrogens with zero attached hydrogens (tertiary/aromatic N) is 1. The number of anilines is 1. The lowest BCUT2D eigenvalue weighted by molar-refractivity contribution is 0.0947. The fourth-order valence-electron chi connectivity index (χ4n) is 1.98. The largest absolute Gasteiger partial charge is 0.494 e. The maximum atomic E-state index is 12.1. The highest BCUT2D eigenvalue weighted by Crippen LogP contribution is 2.18. The third-order valence-electron chi connectivity index (χ3n) is 3.60. The first-order valence-corrected chi connectivity index (χ1v) is 7.49. The van der Waals surface area contributed by atoms with Gasteiger partial charge in [0.1, 0.15) is 5.75 Å². The Balaban J connectivity index is 2.55. The summed E-state index contributed by atoms with van der Waals surface area (Å²) in [6.45, 7) is 8.20. The van der Waals surface area contributed by atoms with Crippen molar-refractivity contribution in [3.05, 3.63) is 23.8 Å². The topological polar surface area (TPSA) is 67.6 Å². The summed E-state index contributed by atoms with van der Waals surface area (Å²) in [6, 6.07) is 5.61. The molecule has 0 aliphatic rings. The molecule has 0 bridgehead atoms. The van der Waals surface area contributed by atoms with Crippen LogP contribution in [0, 0.1) is 0 Å². The quantitative estimate of drug-likeness (QED) is 0.721. The summed E-state index contributed by atoms with van der Waals surface area (Å²) in [5.74, 6) is 0.500. The number of carbonyl (C=O) groups excluding carboxylic acids is 1. The van der Waals surface area contributed by atoms with Gasteiger partial charge in [-0.1, -0.05) is 6.92 Å². The number of rotatable bonds is 8. The number of ether oxygens (including phenoxy) is 1. The third kappa shape index (κ3) is 5.63. The number of benzene rings is 1. The molecule has 5 heteroatoms. The molecule has 1 amide bonds. The zero-order valence-corrected chi connectivity index (χ0v) is 13.5. The van der Waals surface area contributed by atoms with Crippen molar-refractivity contribution in [3.63, 3.8) is 0 Å². The van der Waals surface area contributed by atoms with Crippen LogP contribution in [-0.4, -0.2) is 43.6 Å². The van der Waals surface area contributed by atoms with E-state index < -0.39 is 0 Å². The second kappa shape index (κ2) is 8.52. The van der Waals surface area contributed by atoms with Gasteiger partial charge in [0.2, 0.25) is 0 Å². The van der Waals surface area contributed by atoms with Crippen LogP contribution < -0.4 is 15.8 Å². The van der Waals surface area contributed by atoms with Crippen molar-refractivity contribution < 1.29 is 9.53 Å². The van der Waals surface area contributed by atoms with Gasteiger partial charge in [0, 0.05) is 36.4 Å². The van der Waals surface area contributed by atoms with Crippen molar-refractivity contribution in [2.24, 2.45) is 0 Å². The van der Waals surface area contributed by atoms with Gasteiger partial charge in [-0.2, -0.15) is 0 Å². The van der Waals surface area contributed by atoms with Crippen LogP contribution in [-0.2, 0) is 0 Å². The second-order valence-corrected chi connectivity index (χ2v) is 5.22. The fraction of sp³-hybridized carbons (Fsp3) is 0.562. The number of carbonyl (C=O) groups is 1. The van der Waals surface area contributed by atoms with Gasteiger partial charge in [-0.25, -0.2) is 0 Å². The Bertz CT molecular complexity index is 463. The van der Waals surface area contributed by atoms with Crippen molar-refractivity contribution in [2.75, 3.05) is 32.5 Å². The van der Waals surface area contributed by atoms with E-state index in [-0.39, 0.29) is 5.91 Å². The standard InChI is InChI=1S/C16H27N3O2/c1-5-12(3)19(4)8-7-18-16(20)13-9-14(17)11-15(10-13)21-6-2/h9-12H,5-8,17H2,1-4H3,(H,18,20). The molecule has 3 N–H and O–H groups in total. The Hall–Kier alpha value is -1.75. The van der Waals surface area contributed by atoms with E-state index in [0.717, 1.165) is 13.0 Å². The molecule has 0 radical (unpaired) electrons. The number of nitrogens with one attached hydrogen (secondary N) is 1. The lowest BCUT2D eigenvalue weighted by Gasteiger charge is -2.23. The predicted molar refractivity (Wildman–Crippen MR) is 86.7 cm³/mol. The highest BCUT2D eigenvalue weighted by Gasteiger charge is 2.10. The third-order valence-corrected chi connectivity index (χ3v) is 3.60. The molecule has 1 aromatic carbocycles. The van der Waals surface area contributed by atoms with E-state index in [2.05, 4.69) is 31.1 Å². The molecule has 1 rings (SSSR count). The first kappa shape index (κ1) is 17.3. The Morgan fingerprint density at radius 2 is 2.10 bits per heavy atom. The number of likely N-dealkylation sites (N-methyl/N-ethyl adjacent to an activating group) is 1. The van der Waals surface area contributed by atoms with Gasteiger partial charge in [-0.3, -0.25) is 4.79 Å². The number of hydrogen-bond acceptors (Lipinski definition) is 4. The molecule has 5 nitrogen and oxygen atoms in total. The monoisotopic (exact) mass is 293 g/mol. The molecular weight excluding hydrogens is 266 g/mol. The number of hydrogen-bond donors (Lipinski definition) is 2. The van der Waals surface area contributed by atoms with Gasteiger partial charge in [-0.05, 0) is 39.4 Å². The van der Waals surface area contributed by atoms with E-state index in [9.17, 15) is 4.79 Å². The van der Waals surface area contributed by atoms with Gasteiger partial charge in [0.15, 0.2) is 0 Å². The summed E-state index contributed by atoms with van der Waals surface area (Å²) in [5, 5.41) is 2.91. The molecule has 0 spiro atoms. The van der Waals surface area contributed by atoms with Crippen molar-refractivity contribution in [1.29, 1.82) is 0 Å². The first-order chi connectivity index (χ1) is 9.97. The Kier molecular flexibility index (Phi) is 7.02. The Labute approximate surface area is 127 Å². The summed E-state index contributed by atoms with van der Waals surface area (Å²) in [5.41, 5.74) is 6.86. The minimum absolute atomic E-state index is 0.124. The van der Waals surface area contributed by atoms with E-state index in [4.69, 9.17) is 10.5 Å². The molecular formula is C16H27N3O2. The minimum atomic E-state index is -0.124. The van der Waals surface area contributed by atoms with Gasteiger partial charge < -0.3 is 20.7 Å². The van der Waals surface area contributed by atoms with Crippen molar-refractivity contribution >= 4 is 11.6 Å². The average Bonchev–Trinajstić information content (AvgIpc) is 2.45. The van der Waals surface area contributed by atoms with Crippen molar-refractivity contribution in [1.82, 2.24) is 10.2 Å². The van der Waals surface area contributed by atoms with Crippen LogP contribution in [0.5, 0.6) is 5.75 Å². The zero-order valence-electron chi connectivity index (χ0n) is 13.5. The summed E-state index contributed by atoms with van der Waals surface area (Å²) >= 11 is 0.